The molecule has 4 nitrogen and oxygen atoms in total. The Bertz CT molecular complexity index is 273. The zero-order chi connectivity index (χ0) is 11.5. The summed E-state index contributed by atoms with van der Waals surface area (Å²) in [6.45, 7) is 8.94. The van der Waals surface area contributed by atoms with Gasteiger partial charge >= 0.3 is 0 Å². The minimum atomic E-state index is -0.468. The van der Waals surface area contributed by atoms with Crippen molar-refractivity contribution in [1.29, 1.82) is 0 Å². The quantitative estimate of drug-likeness (QED) is 0.736. The summed E-state index contributed by atoms with van der Waals surface area (Å²) in [4.78, 5) is 16.0. The fourth-order valence-electron chi connectivity index (χ4n) is 1.62. The fourth-order valence-corrected chi connectivity index (χ4v) is 1.62. The number of rotatable bonds is 4. The van der Waals surface area contributed by atoms with Gasteiger partial charge in [-0.3, -0.25) is 15.1 Å². The predicted octanol–water partition coefficient (Wildman–Crippen LogP) is 1.28. The van der Waals surface area contributed by atoms with Gasteiger partial charge in [0.15, 0.2) is 5.96 Å². The van der Waals surface area contributed by atoms with E-state index in [0.29, 0.717) is 11.9 Å². The standard InChI is InChI=1S/C11H21N3O/c1-5-6-11(4)9(15)13-10(14-11)12-7-8(2)3/h8H,5-7H2,1-4H3,(H2,12,13,14,15). The van der Waals surface area contributed by atoms with Crippen LogP contribution < -0.4 is 10.6 Å². The molecule has 1 saturated heterocycles. The third-order valence-corrected chi connectivity index (χ3v) is 2.49. The normalized spacial score (nSPS) is 28.3. The molecule has 4 heteroatoms. The molecule has 1 rings (SSSR count). The minimum absolute atomic E-state index is 0.0341. The van der Waals surface area contributed by atoms with Crippen LogP contribution in [0.15, 0.2) is 4.99 Å². The van der Waals surface area contributed by atoms with E-state index in [1.807, 2.05) is 6.92 Å². The van der Waals surface area contributed by atoms with Crippen LogP contribution >= 0.6 is 0 Å². The van der Waals surface area contributed by atoms with Crippen molar-refractivity contribution in [3.8, 4) is 0 Å². The Morgan fingerprint density at radius 2 is 2.13 bits per heavy atom. The van der Waals surface area contributed by atoms with Gasteiger partial charge in [0, 0.05) is 6.54 Å². The van der Waals surface area contributed by atoms with Crippen LogP contribution in [0.25, 0.3) is 0 Å². The Balaban J connectivity index is 2.62. The maximum atomic E-state index is 11.7. The van der Waals surface area contributed by atoms with E-state index in [1.54, 1.807) is 0 Å². The number of nitrogens with zero attached hydrogens (tertiary/aromatic N) is 1. The predicted molar refractivity (Wildman–Crippen MR) is 61.7 cm³/mol. The van der Waals surface area contributed by atoms with Crippen LogP contribution in [-0.4, -0.2) is 24.0 Å². The highest BCUT2D eigenvalue weighted by Gasteiger charge is 2.39. The Morgan fingerprint density at radius 1 is 1.47 bits per heavy atom. The van der Waals surface area contributed by atoms with E-state index in [0.717, 1.165) is 19.4 Å². The molecule has 2 N–H and O–H groups in total. The molecule has 1 aliphatic rings. The zero-order valence-electron chi connectivity index (χ0n) is 10.1. The molecule has 1 fully saturated rings. The lowest BCUT2D eigenvalue weighted by atomic mass is 9.97. The molecular weight excluding hydrogens is 190 g/mol. The van der Waals surface area contributed by atoms with E-state index in [1.165, 1.54) is 0 Å². The van der Waals surface area contributed by atoms with Gasteiger partial charge in [-0.05, 0) is 19.3 Å². The van der Waals surface area contributed by atoms with E-state index in [4.69, 9.17) is 0 Å². The number of nitrogens with one attached hydrogen (secondary N) is 2. The summed E-state index contributed by atoms with van der Waals surface area (Å²) in [7, 11) is 0. The van der Waals surface area contributed by atoms with E-state index in [2.05, 4.69) is 36.4 Å². The van der Waals surface area contributed by atoms with Gasteiger partial charge < -0.3 is 5.32 Å². The maximum Gasteiger partial charge on any atom is 0.252 e. The molecule has 0 aromatic rings. The number of aliphatic imine (C=N–C) groups is 1. The number of hydrogen-bond donors (Lipinski definition) is 2. The molecule has 1 heterocycles. The average Bonchev–Trinajstić information content (AvgIpc) is 2.40. The lowest BCUT2D eigenvalue weighted by Gasteiger charge is -2.19. The summed E-state index contributed by atoms with van der Waals surface area (Å²) in [6.07, 6.45) is 1.81. The minimum Gasteiger partial charge on any atom is -0.342 e. The number of amides is 1. The van der Waals surface area contributed by atoms with Crippen LogP contribution in [0.5, 0.6) is 0 Å². The number of guanidine groups is 1. The van der Waals surface area contributed by atoms with Crippen molar-refractivity contribution in [2.45, 2.75) is 46.1 Å². The number of carbonyl (C=O) groups excluding carboxylic acids is 1. The molecule has 86 valence electrons. The molecule has 1 atom stereocenters. The first-order chi connectivity index (χ1) is 6.98. The van der Waals surface area contributed by atoms with E-state index < -0.39 is 5.54 Å². The summed E-state index contributed by atoms with van der Waals surface area (Å²) in [5, 5.41) is 5.95. The van der Waals surface area contributed by atoms with Crippen molar-refractivity contribution in [2.75, 3.05) is 6.54 Å². The molecular formula is C11H21N3O. The highest BCUT2D eigenvalue weighted by atomic mass is 16.2. The van der Waals surface area contributed by atoms with Crippen molar-refractivity contribution < 1.29 is 4.79 Å². The van der Waals surface area contributed by atoms with Gasteiger partial charge in [0.25, 0.3) is 5.91 Å². The van der Waals surface area contributed by atoms with Crippen molar-refractivity contribution >= 4 is 11.9 Å². The van der Waals surface area contributed by atoms with Crippen LogP contribution in [0.3, 0.4) is 0 Å². The highest BCUT2D eigenvalue weighted by Crippen LogP contribution is 2.16. The topological polar surface area (TPSA) is 53.5 Å². The second-order valence-electron chi connectivity index (χ2n) is 4.74. The smallest absolute Gasteiger partial charge is 0.252 e. The molecule has 0 bridgehead atoms. The molecule has 0 radical (unpaired) electrons. The number of hydrogen-bond acceptors (Lipinski definition) is 2. The van der Waals surface area contributed by atoms with Crippen LogP contribution in [0, 0.1) is 5.92 Å². The van der Waals surface area contributed by atoms with Gasteiger partial charge in [-0.2, -0.15) is 0 Å². The summed E-state index contributed by atoms with van der Waals surface area (Å²) < 4.78 is 0. The molecule has 0 aromatic carbocycles. The van der Waals surface area contributed by atoms with Crippen molar-refractivity contribution in [3.63, 3.8) is 0 Å². The third-order valence-electron chi connectivity index (χ3n) is 2.49. The first kappa shape index (κ1) is 12.0. The van der Waals surface area contributed by atoms with E-state index in [9.17, 15) is 4.79 Å². The van der Waals surface area contributed by atoms with Gasteiger partial charge in [0.2, 0.25) is 0 Å². The van der Waals surface area contributed by atoms with Gasteiger partial charge in [-0.15, -0.1) is 0 Å². The van der Waals surface area contributed by atoms with Crippen LogP contribution in [0.2, 0.25) is 0 Å². The van der Waals surface area contributed by atoms with Crippen LogP contribution in [0.4, 0.5) is 0 Å². The Kier molecular flexibility index (Phi) is 3.72. The lowest BCUT2D eigenvalue weighted by molar-refractivity contribution is -0.123. The molecule has 1 amide bonds. The van der Waals surface area contributed by atoms with Gasteiger partial charge in [0.1, 0.15) is 5.54 Å². The molecule has 1 unspecified atom stereocenters. The van der Waals surface area contributed by atoms with Gasteiger partial charge in [0.05, 0.1) is 0 Å². The zero-order valence-corrected chi connectivity index (χ0v) is 10.1. The monoisotopic (exact) mass is 211 g/mol. The van der Waals surface area contributed by atoms with Gasteiger partial charge in [-0.25, -0.2) is 0 Å². The largest absolute Gasteiger partial charge is 0.342 e. The number of carbonyl (C=O) groups is 1. The first-order valence-corrected chi connectivity index (χ1v) is 5.62. The second kappa shape index (κ2) is 4.64. The summed E-state index contributed by atoms with van der Waals surface area (Å²) in [6, 6.07) is 0. The average molecular weight is 211 g/mol. The fraction of sp³-hybridized carbons (Fsp3) is 0.818. The molecule has 0 aliphatic carbocycles. The second-order valence-corrected chi connectivity index (χ2v) is 4.74. The molecule has 0 saturated carbocycles. The summed E-state index contributed by atoms with van der Waals surface area (Å²) >= 11 is 0. The lowest BCUT2D eigenvalue weighted by Crippen LogP contribution is -2.43. The van der Waals surface area contributed by atoms with Gasteiger partial charge in [-0.1, -0.05) is 27.2 Å². The SMILES string of the molecule is CCCC1(C)NC(=NCC(C)C)NC1=O. The Morgan fingerprint density at radius 3 is 2.67 bits per heavy atom. The van der Waals surface area contributed by atoms with Crippen LogP contribution in [0.1, 0.15) is 40.5 Å². The van der Waals surface area contributed by atoms with Crippen LogP contribution in [-0.2, 0) is 4.79 Å². The third kappa shape index (κ3) is 2.94. The maximum absolute atomic E-state index is 11.7. The Labute approximate surface area is 91.5 Å². The van der Waals surface area contributed by atoms with Crippen molar-refractivity contribution in [1.82, 2.24) is 10.6 Å². The molecule has 1 aliphatic heterocycles. The van der Waals surface area contributed by atoms with Crippen molar-refractivity contribution in [2.24, 2.45) is 10.9 Å². The van der Waals surface area contributed by atoms with Crippen molar-refractivity contribution in [3.05, 3.63) is 0 Å². The van der Waals surface area contributed by atoms with E-state index >= 15 is 0 Å². The molecule has 15 heavy (non-hydrogen) atoms. The molecule has 0 aromatic heterocycles. The summed E-state index contributed by atoms with van der Waals surface area (Å²) in [5.41, 5.74) is -0.468. The first-order valence-electron chi connectivity index (χ1n) is 5.62. The molecule has 0 spiro atoms. The summed E-state index contributed by atoms with van der Waals surface area (Å²) in [5.74, 6) is 1.17. The van der Waals surface area contributed by atoms with E-state index in [-0.39, 0.29) is 5.91 Å². The highest BCUT2D eigenvalue weighted by molar-refractivity contribution is 6.08. The Hall–Kier alpha value is -1.06.